The highest BCUT2D eigenvalue weighted by atomic mass is 16.5. The van der Waals surface area contributed by atoms with E-state index >= 15 is 0 Å². The van der Waals surface area contributed by atoms with E-state index in [4.69, 9.17) is 4.74 Å². The van der Waals surface area contributed by atoms with Gasteiger partial charge in [-0.15, -0.1) is 0 Å². The fourth-order valence-electron chi connectivity index (χ4n) is 2.29. The number of carbonyl (C=O) groups is 2. The summed E-state index contributed by atoms with van der Waals surface area (Å²) in [7, 11) is 0. The van der Waals surface area contributed by atoms with Gasteiger partial charge in [-0.25, -0.2) is 0 Å². The highest BCUT2D eigenvalue weighted by Gasteiger charge is 2.10. The molecular formula is C19H30N2O3. The minimum atomic E-state index is -0.135. The second-order valence-electron chi connectivity index (χ2n) is 6.11. The molecule has 2 N–H and O–H groups in total. The van der Waals surface area contributed by atoms with Crippen LogP contribution in [0.25, 0.3) is 0 Å². The van der Waals surface area contributed by atoms with Gasteiger partial charge in [-0.1, -0.05) is 39.0 Å². The van der Waals surface area contributed by atoms with E-state index in [0.29, 0.717) is 19.1 Å². The Morgan fingerprint density at radius 2 is 1.79 bits per heavy atom. The number of hydrogen-bond donors (Lipinski definition) is 2. The number of hydrogen-bond acceptors (Lipinski definition) is 3. The third-order valence-electron chi connectivity index (χ3n) is 3.57. The Morgan fingerprint density at radius 1 is 1.08 bits per heavy atom. The van der Waals surface area contributed by atoms with E-state index in [1.165, 1.54) is 0 Å². The van der Waals surface area contributed by atoms with Crippen LogP contribution in [-0.2, 0) is 14.3 Å². The zero-order valence-electron chi connectivity index (χ0n) is 15.1. The van der Waals surface area contributed by atoms with Crippen LogP contribution in [0.4, 0.5) is 5.69 Å². The Labute approximate surface area is 145 Å². The summed E-state index contributed by atoms with van der Waals surface area (Å²) in [5.74, 6) is 0.0991. The summed E-state index contributed by atoms with van der Waals surface area (Å²) in [5.41, 5.74) is 1.92. The third-order valence-corrected chi connectivity index (χ3v) is 3.57. The Hall–Kier alpha value is -1.88. The van der Waals surface area contributed by atoms with E-state index in [0.717, 1.165) is 30.7 Å². The maximum atomic E-state index is 12.0. The smallest absolute Gasteiger partial charge is 0.224 e. The van der Waals surface area contributed by atoms with Gasteiger partial charge in [0, 0.05) is 38.3 Å². The molecule has 0 saturated carbocycles. The van der Waals surface area contributed by atoms with Gasteiger partial charge in [0.05, 0.1) is 0 Å². The number of rotatable bonds is 11. The van der Waals surface area contributed by atoms with Crippen molar-refractivity contribution in [1.82, 2.24) is 5.32 Å². The maximum absolute atomic E-state index is 12.0. The molecule has 0 aliphatic rings. The predicted octanol–water partition coefficient (Wildman–Crippen LogP) is 3.46. The van der Waals surface area contributed by atoms with Crippen molar-refractivity contribution in [1.29, 1.82) is 0 Å². The van der Waals surface area contributed by atoms with Crippen molar-refractivity contribution in [2.45, 2.75) is 52.4 Å². The topological polar surface area (TPSA) is 67.4 Å². The van der Waals surface area contributed by atoms with Crippen molar-refractivity contribution < 1.29 is 14.3 Å². The highest BCUT2D eigenvalue weighted by Crippen LogP contribution is 2.23. The molecule has 0 aromatic heterocycles. The molecule has 0 atom stereocenters. The van der Waals surface area contributed by atoms with Crippen LogP contribution in [-0.4, -0.2) is 31.6 Å². The first-order valence-electron chi connectivity index (χ1n) is 8.77. The largest absolute Gasteiger partial charge is 0.381 e. The minimum Gasteiger partial charge on any atom is -0.381 e. The summed E-state index contributed by atoms with van der Waals surface area (Å²) < 4.78 is 5.34. The lowest BCUT2D eigenvalue weighted by molar-refractivity contribution is -0.124. The van der Waals surface area contributed by atoms with Gasteiger partial charge in [0.2, 0.25) is 11.8 Å². The summed E-state index contributed by atoms with van der Waals surface area (Å²) in [6.07, 6.45) is 2.18. The molecule has 0 saturated heterocycles. The van der Waals surface area contributed by atoms with Crippen LogP contribution in [0.3, 0.4) is 0 Å². The fraction of sp³-hybridized carbons (Fsp3) is 0.579. The van der Waals surface area contributed by atoms with Gasteiger partial charge in [0.15, 0.2) is 0 Å². The standard InChI is InChI=1S/C19H30N2O3/c1-4-13-24-14-7-12-20-18(22)10-11-19(23)21-17-9-6-5-8-16(17)15(2)3/h5-6,8-9,15H,4,7,10-14H2,1-3H3,(H,20,22)(H,21,23). The number of ether oxygens (including phenoxy) is 1. The van der Waals surface area contributed by atoms with E-state index in [9.17, 15) is 9.59 Å². The van der Waals surface area contributed by atoms with Crippen LogP contribution < -0.4 is 10.6 Å². The van der Waals surface area contributed by atoms with Gasteiger partial charge in [0.25, 0.3) is 0 Å². The number of amides is 2. The van der Waals surface area contributed by atoms with Crippen molar-refractivity contribution in [3.63, 3.8) is 0 Å². The first-order valence-corrected chi connectivity index (χ1v) is 8.77. The SMILES string of the molecule is CCCOCCCNC(=O)CCC(=O)Nc1ccccc1C(C)C. The summed E-state index contributed by atoms with van der Waals surface area (Å²) in [4.78, 5) is 23.8. The number of para-hydroxylation sites is 1. The molecular weight excluding hydrogens is 304 g/mol. The second kappa shape index (κ2) is 11.6. The Balaban J connectivity index is 2.25. The zero-order chi connectivity index (χ0) is 17.8. The number of nitrogens with one attached hydrogen (secondary N) is 2. The highest BCUT2D eigenvalue weighted by molar-refractivity contribution is 5.93. The van der Waals surface area contributed by atoms with Crippen molar-refractivity contribution in [3.05, 3.63) is 29.8 Å². The Bertz CT molecular complexity index is 515. The average molecular weight is 334 g/mol. The van der Waals surface area contributed by atoms with E-state index in [1.807, 2.05) is 24.3 Å². The molecule has 0 aliphatic carbocycles. The van der Waals surface area contributed by atoms with Crippen molar-refractivity contribution >= 4 is 17.5 Å². The molecule has 0 unspecified atom stereocenters. The molecule has 5 heteroatoms. The molecule has 0 radical (unpaired) electrons. The predicted molar refractivity (Wildman–Crippen MR) is 97.1 cm³/mol. The molecule has 24 heavy (non-hydrogen) atoms. The molecule has 2 amide bonds. The molecule has 0 spiro atoms. The zero-order valence-corrected chi connectivity index (χ0v) is 15.1. The van der Waals surface area contributed by atoms with Crippen molar-refractivity contribution in [2.24, 2.45) is 0 Å². The lowest BCUT2D eigenvalue weighted by atomic mass is 10.0. The third kappa shape index (κ3) is 8.11. The molecule has 5 nitrogen and oxygen atoms in total. The minimum absolute atomic E-state index is 0.0993. The molecule has 1 aromatic rings. The van der Waals surface area contributed by atoms with Crippen LogP contribution in [0.1, 0.15) is 57.9 Å². The van der Waals surface area contributed by atoms with Crippen LogP contribution in [0, 0.1) is 0 Å². The Kier molecular flexibility index (Phi) is 9.77. The second-order valence-corrected chi connectivity index (χ2v) is 6.11. The molecule has 0 heterocycles. The van der Waals surface area contributed by atoms with Crippen LogP contribution >= 0.6 is 0 Å². The summed E-state index contributed by atoms with van der Waals surface area (Å²) in [6.45, 7) is 8.23. The van der Waals surface area contributed by atoms with Crippen LogP contribution in [0.2, 0.25) is 0 Å². The van der Waals surface area contributed by atoms with Crippen LogP contribution in [0.5, 0.6) is 0 Å². The first-order chi connectivity index (χ1) is 11.5. The van der Waals surface area contributed by atoms with E-state index < -0.39 is 0 Å². The molecule has 134 valence electrons. The summed E-state index contributed by atoms with van der Waals surface area (Å²) in [6, 6.07) is 7.76. The van der Waals surface area contributed by atoms with Crippen molar-refractivity contribution in [2.75, 3.05) is 25.1 Å². The van der Waals surface area contributed by atoms with Gasteiger partial charge in [0.1, 0.15) is 0 Å². The molecule has 1 aromatic carbocycles. The quantitative estimate of drug-likeness (QED) is 0.609. The van der Waals surface area contributed by atoms with E-state index in [-0.39, 0.29) is 24.7 Å². The lowest BCUT2D eigenvalue weighted by Crippen LogP contribution is -2.26. The molecule has 0 aliphatic heterocycles. The normalized spacial score (nSPS) is 10.7. The van der Waals surface area contributed by atoms with Gasteiger partial charge in [-0.3, -0.25) is 9.59 Å². The summed E-state index contributed by atoms with van der Waals surface area (Å²) in [5, 5.41) is 5.71. The number of benzene rings is 1. The molecule has 0 bridgehead atoms. The van der Waals surface area contributed by atoms with E-state index in [1.54, 1.807) is 0 Å². The molecule has 0 fully saturated rings. The fourth-order valence-corrected chi connectivity index (χ4v) is 2.29. The van der Waals surface area contributed by atoms with Gasteiger partial charge < -0.3 is 15.4 Å². The maximum Gasteiger partial charge on any atom is 0.224 e. The summed E-state index contributed by atoms with van der Waals surface area (Å²) >= 11 is 0. The van der Waals surface area contributed by atoms with Crippen molar-refractivity contribution in [3.8, 4) is 0 Å². The van der Waals surface area contributed by atoms with Gasteiger partial charge in [-0.05, 0) is 30.4 Å². The number of carbonyl (C=O) groups excluding carboxylic acids is 2. The average Bonchev–Trinajstić information content (AvgIpc) is 2.56. The van der Waals surface area contributed by atoms with Gasteiger partial charge in [-0.2, -0.15) is 0 Å². The number of anilines is 1. The van der Waals surface area contributed by atoms with E-state index in [2.05, 4.69) is 31.4 Å². The lowest BCUT2D eigenvalue weighted by Gasteiger charge is -2.13. The monoisotopic (exact) mass is 334 g/mol. The Morgan fingerprint density at radius 3 is 2.50 bits per heavy atom. The molecule has 1 rings (SSSR count). The first kappa shape index (κ1) is 20.2. The van der Waals surface area contributed by atoms with Gasteiger partial charge >= 0.3 is 0 Å². The van der Waals surface area contributed by atoms with Crippen LogP contribution in [0.15, 0.2) is 24.3 Å².